The zero-order chi connectivity index (χ0) is 51.4. The minimum atomic E-state index is -0.772. The first-order chi connectivity index (χ1) is 35.0. The highest BCUT2D eigenvalue weighted by Gasteiger charge is 2.19. The van der Waals surface area contributed by atoms with Gasteiger partial charge in [-0.3, -0.25) is 14.4 Å². The summed E-state index contributed by atoms with van der Waals surface area (Å²) in [6.07, 6.45) is 71.8. The van der Waals surface area contributed by atoms with Gasteiger partial charge in [0.1, 0.15) is 13.2 Å². The highest BCUT2D eigenvalue weighted by Crippen LogP contribution is 2.17. The van der Waals surface area contributed by atoms with Crippen LogP contribution in [0.2, 0.25) is 0 Å². The first-order valence-corrected chi connectivity index (χ1v) is 31.8. The van der Waals surface area contributed by atoms with Crippen LogP contribution in [0.15, 0.2) is 24.3 Å². The molecule has 0 rings (SSSR count). The minimum absolute atomic E-state index is 0.0694. The van der Waals surface area contributed by atoms with Crippen LogP contribution < -0.4 is 0 Å². The van der Waals surface area contributed by atoms with Gasteiger partial charge in [-0.25, -0.2) is 0 Å². The molecule has 0 aromatic heterocycles. The molecule has 0 saturated heterocycles. The van der Waals surface area contributed by atoms with Gasteiger partial charge < -0.3 is 14.2 Å². The third kappa shape index (κ3) is 58.7. The fourth-order valence-corrected chi connectivity index (χ4v) is 9.61. The van der Waals surface area contributed by atoms with E-state index >= 15 is 0 Å². The van der Waals surface area contributed by atoms with Crippen LogP contribution >= 0.6 is 0 Å². The van der Waals surface area contributed by atoms with Gasteiger partial charge in [0.05, 0.1) is 0 Å². The van der Waals surface area contributed by atoms with Gasteiger partial charge in [0.15, 0.2) is 6.10 Å². The molecule has 6 nitrogen and oxygen atoms in total. The predicted molar refractivity (Wildman–Crippen MR) is 307 cm³/mol. The number of unbranched alkanes of at least 4 members (excludes halogenated alkanes) is 44. The molecular formula is C65H122O6. The first-order valence-electron chi connectivity index (χ1n) is 31.8. The van der Waals surface area contributed by atoms with Gasteiger partial charge >= 0.3 is 17.9 Å². The van der Waals surface area contributed by atoms with E-state index in [1.165, 1.54) is 257 Å². The minimum Gasteiger partial charge on any atom is -0.462 e. The lowest BCUT2D eigenvalue weighted by atomic mass is 10.0. The summed E-state index contributed by atoms with van der Waals surface area (Å²) in [5.74, 6) is -0.852. The third-order valence-corrected chi connectivity index (χ3v) is 14.4. The van der Waals surface area contributed by atoms with E-state index in [2.05, 4.69) is 45.1 Å². The quantitative estimate of drug-likeness (QED) is 0.0261. The van der Waals surface area contributed by atoms with Crippen molar-refractivity contribution in [3.05, 3.63) is 24.3 Å². The van der Waals surface area contributed by atoms with E-state index in [1.54, 1.807) is 0 Å². The van der Waals surface area contributed by atoms with Gasteiger partial charge in [0.2, 0.25) is 0 Å². The fraction of sp³-hybridized carbons (Fsp3) is 0.892. The number of carbonyl (C=O) groups is 3. The molecule has 0 N–H and O–H groups in total. The summed E-state index contributed by atoms with van der Waals surface area (Å²) >= 11 is 0. The van der Waals surface area contributed by atoms with Gasteiger partial charge in [-0.05, 0) is 70.6 Å². The molecular weight excluding hydrogens is 877 g/mol. The molecule has 71 heavy (non-hydrogen) atoms. The van der Waals surface area contributed by atoms with Crippen molar-refractivity contribution in [3.8, 4) is 0 Å². The zero-order valence-electron chi connectivity index (χ0n) is 48.0. The molecule has 0 aromatic carbocycles. The number of hydrogen-bond donors (Lipinski definition) is 0. The highest BCUT2D eigenvalue weighted by atomic mass is 16.6. The SMILES string of the molecule is CCCCCCCCCC/C=C\CCCCCCCCCC(=O)OC[C@@H](COC(=O)CCCCCCCCCCCCCCCCC)OC(=O)CCCCCCCCC/C=C\CCCCCCCCCC. The van der Waals surface area contributed by atoms with E-state index in [-0.39, 0.29) is 31.1 Å². The van der Waals surface area contributed by atoms with Crippen LogP contribution in [0.3, 0.4) is 0 Å². The van der Waals surface area contributed by atoms with Crippen LogP contribution in [-0.2, 0) is 28.6 Å². The second-order valence-electron chi connectivity index (χ2n) is 21.7. The fourth-order valence-electron chi connectivity index (χ4n) is 9.61. The van der Waals surface area contributed by atoms with Crippen LogP contribution in [0.1, 0.15) is 355 Å². The van der Waals surface area contributed by atoms with E-state index in [0.29, 0.717) is 19.3 Å². The maximum Gasteiger partial charge on any atom is 0.306 e. The molecule has 418 valence electrons. The molecule has 0 unspecified atom stereocenters. The number of ether oxygens (including phenoxy) is 3. The van der Waals surface area contributed by atoms with E-state index in [0.717, 1.165) is 57.8 Å². The van der Waals surface area contributed by atoms with Crippen molar-refractivity contribution < 1.29 is 28.6 Å². The Balaban J connectivity index is 4.33. The molecule has 0 aliphatic carbocycles. The summed E-state index contributed by atoms with van der Waals surface area (Å²) in [6, 6.07) is 0. The molecule has 0 bridgehead atoms. The van der Waals surface area contributed by atoms with Crippen LogP contribution in [0.25, 0.3) is 0 Å². The van der Waals surface area contributed by atoms with Crippen molar-refractivity contribution in [1.29, 1.82) is 0 Å². The van der Waals surface area contributed by atoms with Crippen LogP contribution in [0.5, 0.6) is 0 Å². The van der Waals surface area contributed by atoms with Crippen molar-refractivity contribution in [2.45, 2.75) is 361 Å². The Labute approximate surface area is 443 Å². The van der Waals surface area contributed by atoms with Gasteiger partial charge in [-0.2, -0.15) is 0 Å². The van der Waals surface area contributed by atoms with E-state index in [1.807, 2.05) is 0 Å². The van der Waals surface area contributed by atoms with E-state index in [4.69, 9.17) is 14.2 Å². The zero-order valence-corrected chi connectivity index (χ0v) is 48.0. The molecule has 0 radical (unpaired) electrons. The Morgan fingerprint density at radius 2 is 0.465 bits per heavy atom. The smallest absolute Gasteiger partial charge is 0.306 e. The van der Waals surface area contributed by atoms with Crippen LogP contribution in [-0.4, -0.2) is 37.2 Å². The van der Waals surface area contributed by atoms with Crippen molar-refractivity contribution in [2.24, 2.45) is 0 Å². The van der Waals surface area contributed by atoms with Crippen LogP contribution in [0, 0.1) is 0 Å². The molecule has 1 atom stereocenters. The summed E-state index contributed by atoms with van der Waals surface area (Å²) < 4.78 is 16.9. The summed E-state index contributed by atoms with van der Waals surface area (Å²) in [7, 11) is 0. The second kappa shape index (κ2) is 60.4. The monoisotopic (exact) mass is 999 g/mol. The average Bonchev–Trinajstić information content (AvgIpc) is 3.37. The summed E-state index contributed by atoms with van der Waals surface area (Å²) in [5, 5.41) is 0. The Bertz CT molecular complexity index is 1150. The topological polar surface area (TPSA) is 78.9 Å². The normalized spacial score (nSPS) is 12.1. The lowest BCUT2D eigenvalue weighted by Crippen LogP contribution is -2.30. The number of esters is 3. The highest BCUT2D eigenvalue weighted by molar-refractivity contribution is 5.71. The predicted octanol–water partition coefficient (Wildman–Crippen LogP) is 21.4. The summed E-state index contributed by atoms with van der Waals surface area (Å²) in [6.45, 7) is 6.70. The molecule has 0 aliphatic rings. The van der Waals surface area contributed by atoms with Gasteiger partial charge in [-0.15, -0.1) is 0 Å². The number of allylic oxidation sites excluding steroid dienone is 4. The summed E-state index contributed by atoms with van der Waals surface area (Å²) in [5.41, 5.74) is 0. The molecule has 0 aliphatic heterocycles. The van der Waals surface area contributed by atoms with E-state index < -0.39 is 6.10 Å². The van der Waals surface area contributed by atoms with Crippen LogP contribution in [0.4, 0.5) is 0 Å². The lowest BCUT2D eigenvalue weighted by molar-refractivity contribution is -0.167. The third-order valence-electron chi connectivity index (χ3n) is 14.4. The molecule has 0 saturated carbocycles. The number of rotatable bonds is 59. The largest absolute Gasteiger partial charge is 0.462 e. The standard InChI is InChI=1S/C65H122O6/c1-4-7-10-13-16-19-22-25-28-30-32-34-37-40-43-46-49-52-55-58-64(67)70-61-62(60-69-63(66)57-54-51-48-45-42-39-36-27-24-21-18-15-12-9-6-3)71-65(68)59-56-53-50-47-44-41-38-35-33-31-29-26-23-20-17-14-11-8-5-2/h30-33,62H,4-29,34-61H2,1-3H3/b32-30-,33-31-/t62-/m1/s1. The average molecular weight is 1000 g/mol. The Kier molecular flexibility index (Phi) is 58.6. The Hall–Kier alpha value is -2.11. The Morgan fingerprint density at radius 1 is 0.268 bits per heavy atom. The van der Waals surface area contributed by atoms with E-state index in [9.17, 15) is 14.4 Å². The number of hydrogen-bond acceptors (Lipinski definition) is 6. The van der Waals surface area contributed by atoms with Crippen molar-refractivity contribution in [3.63, 3.8) is 0 Å². The summed E-state index contributed by atoms with van der Waals surface area (Å²) in [4.78, 5) is 38.3. The van der Waals surface area contributed by atoms with Crippen molar-refractivity contribution in [2.75, 3.05) is 13.2 Å². The van der Waals surface area contributed by atoms with Gasteiger partial charge in [-0.1, -0.05) is 289 Å². The molecule has 0 fully saturated rings. The number of carbonyl (C=O) groups excluding carboxylic acids is 3. The maximum atomic E-state index is 12.9. The van der Waals surface area contributed by atoms with Gasteiger partial charge in [0.25, 0.3) is 0 Å². The molecule has 0 amide bonds. The molecule has 0 spiro atoms. The maximum absolute atomic E-state index is 12.9. The lowest BCUT2D eigenvalue weighted by Gasteiger charge is -2.18. The van der Waals surface area contributed by atoms with Crippen molar-refractivity contribution in [1.82, 2.24) is 0 Å². The molecule has 0 heterocycles. The Morgan fingerprint density at radius 3 is 0.704 bits per heavy atom. The molecule has 0 aromatic rings. The van der Waals surface area contributed by atoms with Gasteiger partial charge in [0, 0.05) is 19.3 Å². The first kappa shape index (κ1) is 68.9. The molecule has 6 heteroatoms. The van der Waals surface area contributed by atoms with Crippen molar-refractivity contribution >= 4 is 17.9 Å². The second-order valence-corrected chi connectivity index (χ2v) is 21.7.